The zero-order chi connectivity index (χ0) is 12.3. The SMILES string of the molecule is CC(=O)Nc1cccn(C2CCOCC2)c1=O. The van der Waals surface area contributed by atoms with Gasteiger partial charge in [0, 0.05) is 32.4 Å². The number of hydrogen-bond donors (Lipinski definition) is 1. The molecule has 2 heterocycles. The van der Waals surface area contributed by atoms with Crippen LogP contribution >= 0.6 is 0 Å². The van der Waals surface area contributed by atoms with E-state index >= 15 is 0 Å². The molecule has 1 fully saturated rings. The Kier molecular flexibility index (Phi) is 3.58. The summed E-state index contributed by atoms with van der Waals surface area (Å²) in [5, 5.41) is 2.55. The lowest BCUT2D eigenvalue weighted by molar-refractivity contribution is -0.114. The van der Waals surface area contributed by atoms with Crippen LogP contribution in [0, 0.1) is 0 Å². The van der Waals surface area contributed by atoms with E-state index in [1.807, 2.05) is 0 Å². The van der Waals surface area contributed by atoms with Crippen LogP contribution in [0.15, 0.2) is 23.1 Å². The molecule has 2 rings (SSSR count). The first kappa shape index (κ1) is 11.9. The number of nitrogens with one attached hydrogen (secondary N) is 1. The molecule has 5 heteroatoms. The van der Waals surface area contributed by atoms with Crippen molar-refractivity contribution in [1.82, 2.24) is 4.57 Å². The van der Waals surface area contributed by atoms with Crippen LogP contribution < -0.4 is 10.9 Å². The van der Waals surface area contributed by atoms with Crippen molar-refractivity contribution in [3.8, 4) is 0 Å². The van der Waals surface area contributed by atoms with Crippen LogP contribution in [-0.4, -0.2) is 23.7 Å². The van der Waals surface area contributed by atoms with E-state index in [-0.39, 0.29) is 17.5 Å². The summed E-state index contributed by atoms with van der Waals surface area (Å²) < 4.78 is 6.96. The number of ether oxygens (including phenoxy) is 1. The smallest absolute Gasteiger partial charge is 0.274 e. The number of rotatable bonds is 2. The Morgan fingerprint density at radius 3 is 2.82 bits per heavy atom. The summed E-state index contributed by atoms with van der Waals surface area (Å²) in [6.45, 7) is 2.76. The zero-order valence-electron chi connectivity index (χ0n) is 9.81. The number of amides is 1. The average molecular weight is 236 g/mol. The van der Waals surface area contributed by atoms with Gasteiger partial charge in [-0.15, -0.1) is 0 Å². The van der Waals surface area contributed by atoms with Crippen LogP contribution in [0.25, 0.3) is 0 Å². The second-order valence-corrected chi connectivity index (χ2v) is 4.16. The van der Waals surface area contributed by atoms with Crippen LogP contribution in [0.1, 0.15) is 25.8 Å². The van der Waals surface area contributed by atoms with Crippen LogP contribution in [-0.2, 0) is 9.53 Å². The third kappa shape index (κ3) is 2.74. The molecule has 1 aliphatic rings. The Morgan fingerprint density at radius 1 is 1.47 bits per heavy atom. The molecule has 0 radical (unpaired) electrons. The second kappa shape index (κ2) is 5.14. The van der Waals surface area contributed by atoms with Gasteiger partial charge in [-0.3, -0.25) is 9.59 Å². The van der Waals surface area contributed by atoms with E-state index in [0.29, 0.717) is 18.9 Å². The molecule has 5 nitrogen and oxygen atoms in total. The van der Waals surface area contributed by atoms with E-state index in [1.54, 1.807) is 22.9 Å². The maximum atomic E-state index is 12.1. The molecule has 1 aromatic heterocycles. The van der Waals surface area contributed by atoms with Crippen LogP contribution in [0.3, 0.4) is 0 Å². The van der Waals surface area contributed by atoms with Gasteiger partial charge in [0.2, 0.25) is 5.91 Å². The van der Waals surface area contributed by atoms with Gasteiger partial charge in [-0.2, -0.15) is 0 Å². The molecule has 1 N–H and O–H groups in total. The first-order valence-electron chi connectivity index (χ1n) is 5.75. The lowest BCUT2D eigenvalue weighted by Gasteiger charge is -2.24. The van der Waals surface area contributed by atoms with Gasteiger partial charge >= 0.3 is 0 Å². The standard InChI is InChI=1S/C12H16N2O3/c1-9(15)13-11-3-2-6-14(12(11)16)10-4-7-17-8-5-10/h2-3,6,10H,4-5,7-8H2,1H3,(H,13,15). The van der Waals surface area contributed by atoms with Crippen molar-refractivity contribution in [1.29, 1.82) is 0 Å². The lowest BCUT2D eigenvalue weighted by atomic mass is 10.1. The number of hydrogen-bond acceptors (Lipinski definition) is 3. The molecular weight excluding hydrogens is 220 g/mol. The maximum absolute atomic E-state index is 12.1. The summed E-state index contributed by atoms with van der Waals surface area (Å²) in [4.78, 5) is 23.1. The van der Waals surface area contributed by atoms with E-state index in [0.717, 1.165) is 12.8 Å². The van der Waals surface area contributed by atoms with Crippen molar-refractivity contribution in [3.05, 3.63) is 28.7 Å². The third-order valence-electron chi connectivity index (χ3n) is 2.87. The molecule has 0 bridgehead atoms. The number of aromatic nitrogens is 1. The topological polar surface area (TPSA) is 60.3 Å². The van der Waals surface area contributed by atoms with Crippen molar-refractivity contribution in [2.45, 2.75) is 25.8 Å². The van der Waals surface area contributed by atoms with Crippen LogP contribution in [0.4, 0.5) is 5.69 Å². The van der Waals surface area contributed by atoms with Gasteiger partial charge in [-0.1, -0.05) is 0 Å². The first-order valence-corrected chi connectivity index (χ1v) is 5.75. The van der Waals surface area contributed by atoms with E-state index in [1.165, 1.54) is 6.92 Å². The predicted molar refractivity (Wildman–Crippen MR) is 64.1 cm³/mol. The maximum Gasteiger partial charge on any atom is 0.274 e. The fourth-order valence-corrected chi connectivity index (χ4v) is 2.05. The number of anilines is 1. The summed E-state index contributed by atoms with van der Waals surface area (Å²) in [7, 11) is 0. The largest absolute Gasteiger partial charge is 0.381 e. The fourth-order valence-electron chi connectivity index (χ4n) is 2.05. The lowest BCUT2D eigenvalue weighted by Crippen LogP contribution is -2.30. The van der Waals surface area contributed by atoms with Crippen molar-refractivity contribution in [2.75, 3.05) is 18.5 Å². The normalized spacial score (nSPS) is 16.8. The summed E-state index contributed by atoms with van der Waals surface area (Å²) >= 11 is 0. The Bertz CT molecular complexity index is 461. The monoisotopic (exact) mass is 236 g/mol. The quantitative estimate of drug-likeness (QED) is 0.838. The number of carbonyl (C=O) groups excluding carboxylic acids is 1. The van der Waals surface area contributed by atoms with Crippen molar-refractivity contribution in [3.63, 3.8) is 0 Å². The highest BCUT2D eigenvalue weighted by Gasteiger charge is 2.17. The third-order valence-corrected chi connectivity index (χ3v) is 2.87. The Hall–Kier alpha value is -1.62. The molecule has 1 saturated heterocycles. The highest BCUT2D eigenvalue weighted by atomic mass is 16.5. The molecule has 0 saturated carbocycles. The van der Waals surface area contributed by atoms with Gasteiger partial charge in [-0.05, 0) is 25.0 Å². The van der Waals surface area contributed by atoms with Crippen molar-refractivity contribution in [2.24, 2.45) is 0 Å². The molecular formula is C12H16N2O3. The minimum Gasteiger partial charge on any atom is -0.381 e. The molecule has 92 valence electrons. The van der Waals surface area contributed by atoms with Gasteiger partial charge in [0.1, 0.15) is 5.69 Å². The number of pyridine rings is 1. The van der Waals surface area contributed by atoms with Gasteiger partial charge < -0.3 is 14.6 Å². The van der Waals surface area contributed by atoms with Gasteiger partial charge in [-0.25, -0.2) is 0 Å². The summed E-state index contributed by atoms with van der Waals surface area (Å²) in [5.74, 6) is -0.230. The second-order valence-electron chi connectivity index (χ2n) is 4.16. The van der Waals surface area contributed by atoms with E-state index < -0.39 is 0 Å². The van der Waals surface area contributed by atoms with Gasteiger partial charge in [0.25, 0.3) is 5.56 Å². The van der Waals surface area contributed by atoms with Gasteiger partial charge in [0.15, 0.2) is 0 Å². The highest BCUT2D eigenvalue weighted by molar-refractivity contribution is 5.88. The molecule has 0 aliphatic carbocycles. The first-order chi connectivity index (χ1) is 8.18. The number of carbonyl (C=O) groups is 1. The Balaban J connectivity index is 2.28. The summed E-state index contributed by atoms with van der Waals surface area (Å²) in [6.07, 6.45) is 3.44. The molecule has 1 aliphatic heterocycles. The molecule has 0 aromatic carbocycles. The molecule has 1 amide bonds. The highest BCUT2D eigenvalue weighted by Crippen LogP contribution is 2.19. The Morgan fingerprint density at radius 2 is 2.18 bits per heavy atom. The average Bonchev–Trinajstić information content (AvgIpc) is 2.32. The van der Waals surface area contributed by atoms with Crippen LogP contribution in [0.5, 0.6) is 0 Å². The summed E-state index contributed by atoms with van der Waals surface area (Å²) in [6, 6.07) is 3.58. The van der Waals surface area contributed by atoms with Crippen LogP contribution in [0.2, 0.25) is 0 Å². The van der Waals surface area contributed by atoms with Crippen molar-refractivity contribution < 1.29 is 9.53 Å². The molecule has 0 atom stereocenters. The van der Waals surface area contributed by atoms with Gasteiger partial charge in [0.05, 0.1) is 0 Å². The fraction of sp³-hybridized carbons (Fsp3) is 0.500. The molecule has 0 spiro atoms. The molecule has 0 unspecified atom stereocenters. The van der Waals surface area contributed by atoms with E-state index in [2.05, 4.69) is 5.32 Å². The number of nitrogens with zero attached hydrogens (tertiary/aromatic N) is 1. The summed E-state index contributed by atoms with van der Waals surface area (Å²) in [5.41, 5.74) is 0.195. The predicted octanol–water partition coefficient (Wildman–Crippen LogP) is 1.16. The zero-order valence-corrected chi connectivity index (χ0v) is 9.81. The van der Waals surface area contributed by atoms with E-state index in [4.69, 9.17) is 4.74 Å². The van der Waals surface area contributed by atoms with E-state index in [9.17, 15) is 9.59 Å². The Labute approximate surface area is 99.4 Å². The minimum atomic E-state index is -0.230. The molecule has 1 aromatic rings. The minimum absolute atomic E-state index is 0.144. The van der Waals surface area contributed by atoms with Crippen molar-refractivity contribution >= 4 is 11.6 Å². The molecule has 17 heavy (non-hydrogen) atoms.